The van der Waals surface area contributed by atoms with Gasteiger partial charge >= 0.3 is 5.76 Å². The fourth-order valence-corrected chi connectivity index (χ4v) is 3.74. The molecule has 1 fully saturated rings. The van der Waals surface area contributed by atoms with Gasteiger partial charge in [0.1, 0.15) is 6.54 Å². The minimum atomic E-state index is -0.692. The molecule has 28 heavy (non-hydrogen) atoms. The number of piperidine rings is 1. The summed E-state index contributed by atoms with van der Waals surface area (Å²) in [5.41, 5.74) is 1.61. The minimum Gasteiger partial charge on any atom is -0.407 e. The highest BCUT2D eigenvalue weighted by atomic mass is 16.6. The summed E-state index contributed by atoms with van der Waals surface area (Å²) in [7, 11) is 0. The number of amides is 1. The Morgan fingerprint density at radius 3 is 2.54 bits per heavy atom. The molecule has 3 aromatic rings. The maximum atomic E-state index is 12.7. The first-order valence-corrected chi connectivity index (χ1v) is 9.13. The number of non-ortho nitro benzene ring substituents is 1. The van der Waals surface area contributed by atoms with Crippen molar-refractivity contribution in [3.63, 3.8) is 0 Å². The first-order chi connectivity index (χ1) is 13.5. The zero-order valence-electron chi connectivity index (χ0n) is 15.1. The molecule has 2 aromatic carbocycles. The van der Waals surface area contributed by atoms with Crippen molar-refractivity contribution in [2.24, 2.45) is 0 Å². The number of nitro groups is 1. The summed E-state index contributed by atoms with van der Waals surface area (Å²) in [5, 5.41) is 10.9. The van der Waals surface area contributed by atoms with Crippen molar-refractivity contribution in [2.75, 3.05) is 13.1 Å². The Balaban J connectivity index is 1.46. The van der Waals surface area contributed by atoms with Gasteiger partial charge in [-0.2, -0.15) is 0 Å². The average Bonchev–Trinajstić information content (AvgIpc) is 3.03. The van der Waals surface area contributed by atoms with Crippen LogP contribution in [0.4, 0.5) is 5.69 Å². The highest BCUT2D eigenvalue weighted by molar-refractivity contribution is 5.80. The number of hydrogen-bond donors (Lipinski definition) is 0. The molecule has 0 N–H and O–H groups in total. The molecule has 0 spiro atoms. The molecule has 144 valence electrons. The highest BCUT2D eigenvalue weighted by Crippen LogP contribution is 2.28. The minimum absolute atomic E-state index is 0.106. The van der Waals surface area contributed by atoms with Gasteiger partial charge in [-0.05, 0) is 30.4 Å². The number of carbonyl (C=O) groups excluding carboxylic acids is 1. The molecule has 0 unspecified atom stereocenters. The Labute approximate surface area is 160 Å². The van der Waals surface area contributed by atoms with Gasteiger partial charge < -0.3 is 9.32 Å². The van der Waals surface area contributed by atoms with E-state index in [0.717, 1.165) is 12.8 Å². The lowest BCUT2D eigenvalue weighted by atomic mass is 9.89. The molecule has 1 saturated heterocycles. The van der Waals surface area contributed by atoms with Gasteiger partial charge in [-0.3, -0.25) is 19.5 Å². The topological polar surface area (TPSA) is 98.6 Å². The van der Waals surface area contributed by atoms with E-state index in [1.807, 2.05) is 18.2 Å². The molecule has 0 bridgehead atoms. The third kappa shape index (κ3) is 3.40. The van der Waals surface area contributed by atoms with Gasteiger partial charge in [0, 0.05) is 19.2 Å². The van der Waals surface area contributed by atoms with E-state index < -0.39 is 10.7 Å². The summed E-state index contributed by atoms with van der Waals surface area (Å²) in [6.07, 6.45) is 1.76. The molecule has 1 amide bonds. The Kier molecular flexibility index (Phi) is 4.68. The van der Waals surface area contributed by atoms with Crippen LogP contribution in [0.15, 0.2) is 57.7 Å². The second-order valence-electron chi connectivity index (χ2n) is 6.93. The predicted octanol–water partition coefficient (Wildman–Crippen LogP) is 2.91. The van der Waals surface area contributed by atoms with Crippen molar-refractivity contribution in [1.29, 1.82) is 0 Å². The molecule has 2 heterocycles. The maximum absolute atomic E-state index is 12.7. The van der Waals surface area contributed by atoms with E-state index in [9.17, 15) is 19.7 Å². The van der Waals surface area contributed by atoms with Crippen LogP contribution in [0.3, 0.4) is 0 Å². The quantitative estimate of drug-likeness (QED) is 0.511. The largest absolute Gasteiger partial charge is 0.420 e. The summed E-state index contributed by atoms with van der Waals surface area (Å²) in [4.78, 5) is 36.9. The Hall–Kier alpha value is -3.42. The summed E-state index contributed by atoms with van der Waals surface area (Å²) < 4.78 is 6.31. The number of nitro benzene ring substituents is 1. The van der Waals surface area contributed by atoms with E-state index in [4.69, 9.17) is 4.42 Å². The summed E-state index contributed by atoms with van der Waals surface area (Å²) in [6, 6.07) is 14.2. The first kappa shape index (κ1) is 18.0. The molecule has 8 nitrogen and oxygen atoms in total. The maximum Gasteiger partial charge on any atom is 0.420 e. The molecule has 8 heteroatoms. The van der Waals surface area contributed by atoms with E-state index in [2.05, 4.69) is 12.1 Å². The van der Waals surface area contributed by atoms with Crippen LogP contribution in [0, 0.1) is 10.1 Å². The molecule has 0 atom stereocenters. The lowest BCUT2D eigenvalue weighted by Crippen LogP contribution is -2.40. The first-order valence-electron chi connectivity index (χ1n) is 9.13. The molecular formula is C20H19N3O5. The van der Waals surface area contributed by atoms with Gasteiger partial charge in [0.25, 0.3) is 5.69 Å². The number of hydrogen-bond acceptors (Lipinski definition) is 5. The van der Waals surface area contributed by atoms with Crippen molar-refractivity contribution in [3.8, 4) is 0 Å². The van der Waals surface area contributed by atoms with E-state index >= 15 is 0 Å². The van der Waals surface area contributed by atoms with Gasteiger partial charge in [0.15, 0.2) is 5.58 Å². The van der Waals surface area contributed by atoms with Crippen molar-refractivity contribution in [3.05, 3.63) is 74.8 Å². The molecule has 1 aliphatic heterocycles. The second kappa shape index (κ2) is 7.30. The molecule has 1 aliphatic rings. The predicted molar refractivity (Wildman–Crippen MR) is 102 cm³/mol. The van der Waals surface area contributed by atoms with Crippen molar-refractivity contribution in [1.82, 2.24) is 9.47 Å². The highest BCUT2D eigenvalue weighted by Gasteiger charge is 2.25. The average molecular weight is 381 g/mol. The van der Waals surface area contributed by atoms with Crippen LogP contribution in [-0.4, -0.2) is 33.4 Å². The van der Waals surface area contributed by atoms with Crippen molar-refractivity contribution >= 4 is 22.7 Å². The van der Waals surface area contributed by atoms with Crippen LogP contribution in [0.2, 0.25) is 0 Å². The molecule has 0 aliphatic carbocycles. The SMILES string of the molecule is O=C(Cn1c(=O)oc2cc([N+](=O)[O-])ccc21)N1CCC(c2ccccc2)CC1. The van der Waals surface area contributed by atoms with Crippen LogP contribution >= 0.6 is 0 Å². The third-order valence-corrected chi connectivity index (χ3v) is 5.27. The zero-order chi connectivity index (χ0) is 19.7. The number of benzene rings is 2. The fraction of sp³-hybridized carbons (Fsp3) is 0.300. The van der Waals surface area contributed by atoms with Crippen LogP contribution in [0.25, 0.3) is 11.1 Å². The van der Waals surface area contributed by atoms with Gasteiger partial charge in [-0.1, -0.05) is 30.3 Å². The fourth-order valence-electron chi connectivity index (χ4n) is 3.74. The Morgan fingerprint density at radius 2 is 1.86 bits per heavy atom. The number of oxazole rings is 1. The van der Waals surface area contributed by atoms with Gasteiger partial charge in [0.05, 0.1) is 16.5 Å². The van der Waals surface area contributed by atoms with Gasteiger partial charge in [0.2, 0.25) is 5.91 Å². The number of likely N-dealkylation sites (tertiary alicyclic amines) is 1. The lowest BCUT2D eigenvalue weighted by Gasteiger charge is -2.32. The van der Waals surface area contributed by atoms with E-state index in [-0.39, 0.29) is 23.7 Å². The number of carbonyl (C=O) groups is 1. The summed E-state index contributed by atoms with van der Waals surface area (Å²) >= 11 is 0. The molecule has 0 radical (unpaired) electrons. The monoisotopic (exact) mass is 381 g/mol. The number of fused-ring (bicyclic) bond motifs is 1. The van der Waals surface area contributed by atoms with Crippen LogP contribution in [-0.2, 0) is 11.3 Å². The smallest absolute Gasteiger partial charge is 0.407 e. The summed E-state index contributed by atoms with van der Waals surface area (Å²) in [6.45, 7) is 1.13. The zero-order valence-corrected chi connectivity index (χ0v) is 15.1. The molecule has 0 saturated carbocycles. The van der Waals surface area contributed by atoms with Crippen molar-refractivity contribution in [2.45, 2.75) is 25.3 Å². The van der Waals surface area contributed by atoms with E-state index in [1.165, 1.54) is 28.3 Å². The Morgan fingerprint density at radius 1 is 1.14 bits per heavy atom. The lowest BCUT2D eigenvalue weighted by molar-refractivity contribution is -0.384. The number of rotatable bonds is 4. The van der Waals surface area contributed by atoms with Crippen LogP contribution < -0.4 is 5.76 Å². The third-order valence-electron chi connectivity index (χ3n) is 5.27. The van der Waals surface area contributed by atoms with Gasteiger partial charge in [-0.15, -0.1) is 0 Å². The molecule has 4 rings (SSSR count). The number of aromatic nitrogens is 1. The molecule has 1 aromatic heterocycles. The number of nitrogens with zero attached hydrogens (tertiary/aromatic N) is 3. The summed E-state index contributed by atoms with van der Waals surface area (Å²) in [5.74, 6) is -0.416. The normalized spacial score (nSPS) is 15.1. The van der Waals surface area contributed by atoms with Crippen LogP contribution in [0.1, 0.15) is 24.3 Å². The standard InChI is InChI=1S/C20H19N3O5/c24-19(21-10-8-15(9-11-21)14-4-2-1-3-5-14)13-22-17-7-6-16(23(26)27)12-18(17)28-20(22)25/h1-7,12,15H,8-11,13H2. The van der Waals surface area contributed by atoms with Crippen molar-refractivity contribution < 1.29 is 14.1 Å². The second-order valence-corrected chi connectivity index (χ2v) is 6.93. The Bertz CT molecular complexity index is 1080. The van der Waals surface area contributed by atoms with Gasteiger partial charge in [-0.25, -0.2) is 4.79 Å². The van der Waals surface area contributed by atoms with E-state index in [0.29, 0.717) is 24.5 Å². The van der Waals surface area contributed by atoms with E-state index in [1.54, 1.807) is 4.90 Å². The molecular weight excluding hydrogens is 362 g/mol. The van der Waals surface area contributed by atoms with Crippen LogP contribution in [0.5, 0.6) is 0 Å².